The zero-order valence-corrected chi connectivity index (χ0v) is 17.1. The van der Waals surface area contributed by atoms with Crippen LogP contribution in [0.1, 0.15) is 29.0 Å². The molecule has 0 spiro atoms. The quantitative estimate of drug-likeness (QED) is 0.349. The molecule has 4 nitrogen and oxygen atoms in total. The van der Waals surface area contributed by atoms with Gasteiger partial charge in [0.2, 0.25) is 0 Å². The van der Waals surface area contributed by atoms with E-state index in [9.17, 15) is 4.79 Å². The van der Waals surface area contributed by atoms with E-state index < -0.39 is 6.09 Å². The standard InChI is InChI=1S/C25H21ClN2O2/c26-18-13-12-17(24(27)15-18)7-5-6-14-28-25(29)30-16-23-21-10-3-1-8-19(21)20-9-2-4-11-22(20)23/h1-4,8-13,15,23H,6,14,16,27H2,(H,28,29). The highest BCUT2D eigenvalue weighted by molar-refractivity contribution is 6.30. The Labute approximate surface area is 181 Å². The summed E-state index contributed by atoms with van der Waals surface area (Å²) in [5.41, 5.74) is 11.9. The van der Waals surface area contributed by atoms with E-state index in [0.717, 1.165) is 5.56 Å². The maximum Gasteiger partial charge on any atom is 0.407 e. The Morgan fingerprint density at radius 3 is 2.37 bits per heavy atom. The Kier molecular flexibility index (Phi) is 5.92. The summed E-state index contributed by atoms with van der Waals surface area (Å²) >= 11 is 5.88. The lowest BCUT2D eigenvalue weighted by molar-refractivity contribution is 0.143. The lowest BCUT2D eigenvalue weighted by Crippen LogP contribution is -2.26. The van der Waals surface area contributed by atoms with Gasteiger partial charge in [-0.3, -0.25) is 0 Å². The van der Waals surface area contributed by atoms with Crippen LogP contribution in [0, 0.1) is 11.8 Å². The lowest BCUT2D eigenvalue weighted by atomic mass is 9.98. The average Bonchev–Trinajstić information content (AvgIpc) is 3.07. The van der Waals surface area contributed by atoms with Crippen LogP contribution in [0.2, 0.25) is 5.02 Å². The molecule has 30 heavy (non-hydrogen) atoms. The third-order valence-electron chi connectivity index (χ3n) is 5.10. The third kappa shape index (κ3) is 4.27. The summed E-state index contributed by atoms with van der Waals surface area (Å²) in [5, 5.41) is 3.33. The van der Waals surface area contributed by atoms with Crippen LogP contribution in [0.4, 0.5) is 10.5 Å². The van der Waals surface area contributed by atoms with Crippen molar-refractivity contribution in [1.29, 1.82) is 0 Å². The van der Waals surface area contributed by atoms with Crippen LogP contribution in [0.3, 0.4) is 0 Å². The fourth-order valence-corrected chi connectivity index (χ4v) is 3.86. The third-order valence-corrected chi connectivity index (χ3v) is 5.33. The van der Waals surface area contributed by atoms with Crippen molar-refractivity contribution < 1.29 is 9.53 Å². The van der Waals surface area contributed by atoms with Gasteiger partial charge >= 0.3 is 6.09 Å². The van der Waals surface area contributed by atoms with Crippen molar-refractivity contribution in [3.8, 4) is 23.0 Å². The predicted octanol–water partition coefficient (Wildman–Crippen LogP) is 5.20. The number of nitrogen functional groups attached to an aromatic ring is 1. The Morgan fingerprint density at radius 2 is 1.70 bits per heavy atom. The zero-order chi connectivity index (χ0) is 20.9. The van der Waals surface area contributed by atoms with Gasteiger partial charge in [-0.2, -0.15) is 0 Å². The first-order chi connectivity index (χ1) is 14.6. The second-order valence-corrected chi connectivity index (χ2v) is 7.47. The number of alkyl carbamates (subject to hydrolysis) is 1. The number of halogens is 1. The Balaban J connectivity index is 1.29. The highest BCUT2D eigenvalue weighted by Gasteiger charge is 2.28. The van der Waals surface area contributed by atoms with Crippen LogP contribution in [0.15, 0.2) is 66.7 Å². The minimum absolute atomic E-state index is 0.0517. The molecular formula is C25H21ClN2O2. The highest BCUT2D eigenvalue weighted by Crippen LogP contribution is 2.44. The summed E-state index contributed by atoms with van der Waals surface area (Å²) in [6.07, 6.45) is 0.0522. The highest BCUT2D eigenvalue weighted by atomic mass is 35.5. The SMILES string of the molecule is Nc1cc(Cl)ccc1C#CCCNC(=O)OCC1c2ccccc2-c2ccccc21. The molecule has 0 unspecified atom stereocenters. The normalized spacial score (nSPS) is 11.8. The van der Waals surface area contributed by atoms with Crippen LogP contribution >= 0.6 is 11.6 Å². The largest absolute Gasteiger partial charge is 0.449 e. The molecule has 0 saturated carbocycles. The molecule has 0 atom stereocenters. The molecule has 1 aliphatic rings. The van der Waals surface area contributed by atoms with Gasteiger partial charge in [-0.05, 0) is 40.5 Å². The summed E-state index contributed by atoms with van der Waals surface area (Å²) in [6.45, 7) is 0.698. The van der Waals surface area contributed by atoms with E-state index in [0.29, 0.717) is 30.3 Å². The number of amides is 1. The molecule has 1 amide bonds. The number of anilines is 1. The van der Waals surface area contributed by atoms with Gasteiger partial charge in [0.05, 0.1) is 0 Å². The minimum Gasteiger partial charge on any atom is -0.449 e. The Bertz CT molecular complexity index is 1100. The summed E-state index contributed by atoms with van der Waals surface area (Å²) in [6, 6.07) is 21.7. The average molecular weight is 417 g/mol. The van der Waals surface area contributed by atoms with Crippen molar-refractivity contribution in [2.45, 2.75) is 12.3 Å². The summed E-state index contributed by atoms with van der Waals surface area (Å²) in [4.78, 5) is 12.1. The van der Waals surface area contributed by atoms with Crippen molar-refractivity contribution in [3.63, 3.8) is 0 Å². The van der Waals surface area contributed by atoms with Crippen molar-refractivity contribution in [3.05, 3.63) is 88.4 Å². The van der Waals surface area contributed by atoms with Crippen molar-refractivity contribution in [2.24, 2.45) is 0 Å². The smallest absolute Gasteiger partial charge is 0.407 e. The molecule has 3 aromatic rings. The second kappa shape index (κ2) is 8.94. The van der Waals surface area contributed by atoms with Gasteiger partial charge in [0, 0.05) is 35.2 Å². The van der Waals surface area contributed by atoms with Gasteiger partial charge in [0.1, 0.15) is 6.61 Å². The van der Waals surface area contributed by atoms with Crippen LogP contribution in [0.5, 0.6) is 0 Å². The van der Waals surface area contributed by atoms with Crippen LogP contribution < -0.4 is 11.1 Å². The van der Waals surface area contributed by atoms with E-state index >= 15 is 0 Å². The first-order valence-corrected chi connectivity index (χ1v) is 10.1. The number of nitrogens with two attached hydrogens (primary N) is 1. The number of carbonyl (C=O) groups excluding carboxylic acids is 1. The molecule has 0 bridgehead atoms. The Hall–Kier alpha value is -3.42. The number of carbonyl (C=O) groups is 1. The van der Waals surface area contributed by atoms with Crippen molar-refractivity contribution >= 4 is 23.4 Å². The molecule has 0 saturated heterocycles. The molecule has 4 rings (SSSR count). The monoisotopic (exact) mass is 416 g/mol. The van der Waals surface area contributed by atoms with E-state index in [-0.39, 0.29) is 5.92 Å². The van der Waals surface area contributed by atoms with Crippen LogP contribution in [0.25, 0.3) is 11.1 Å². The van der Waals surface area contributed by atoms with E-state index in [4.69, 9.17) is 22.1 Å². The molecule has 0 aliphatic heterocycles. The van der Waals surface area contributed by atoms with Crippen LogP contribution in [-0.4, -0.2) is 19.2 Å². The molecule has 0 radical (unpaired) electrons. The maximum atomic E-state index is 12.1. The maximum absolute atomic E-state index is 12.1. The summed E-state index contributed by atoms with van der Waals surface area (Å²) < 4.78 is 5.50. The zero-order valence-electron chi connectivity index (χ0n) is 16.3. The van der Waals surface area contributed by atoms with Gasteiger partial charge in [0.15, 0.2) is 0 Å². The number of hydrogen-bond donors (Lipinski definition) is 2. The van der Waals surface area contributed by atoms with E-state index in [1.54, 1.807) is 18.2 Å². The van der Waals surface area contributed by atoms with E-state index in [1.807, 2.05) is 24.3 Å². The molecule has 0 aromatic heterocycles. The fraction of sp³-hybridized carbons (Fsp3) is 0.160. The first-order valence-electron chi connectivity index (χ1n) is 9.76. The molecule has 1 aliphatic carbocycles. The van der Waals surface area contributed by atoms with Gasteiger partial charge in [0.25, 0.3) is 0 Å². The van der Waals surface area contributed by atoms with Gasteiger partial charge < -0.3 is 15.8 Å². The van der Waals surface area contributed by atoms with Gasteiger partial charge in [-0.25, -0.2) is 4.79 Å². The number of nitrogens with one attached hydrogen (secondary N) is 1. The summed E-state index contributed by atoms with van der Waals surface area (Å²) in [7, 11) is 0. The van der Waals surface area contributed by atoms with Gasteiger partial charge in [-0.1, -0.05) is 72.0 Å². The number of fused-ring (bicyclic) bond motifs is 3. The summed E-state index contributed by atoms with van der Waals surface area (Å²) in [5.74, 6) is 6.04. The van der Waals surface area contributed by atoms with E-state index in [2.05, 4.69) is 41.4 Å². The molecular weight excluding hydrogens is 396 g/mol. The predicted molar refractivity (Wildman–Crippen MR) is 120 cm³/mol. The molecule has 0 heterocycles. The molecule has 0 fully saturated rings. The first kappa shape index (κ1) is 19.9. The number of hydrogen-bond acceptors (Lipinski definition) is 3. The second-order valence-electron chi connectivity index (χ2n) is 7.04. The Morgan fingerprint density at radius 1 is 1.03 bits per heavy atom. The topological polar surface area (TPSA) is 64.3 Å². The molecule has 150 valence electrons. The number of ether oxygens (including phenoxy) is 1. The number of benzene rings is 3. The molecule has 5 heteroatoms. The van der Waals surface area contributed by atoms with Crippen molar-refractivity contribution in [1.82, 2.24) is 5.32 Å². The molecule has 3 aromatic carbocycles. The van der Waals surface area contributed by atoms with E-state index in [1.165, 1.54) is 22.3 Å². The van der Waals surface area contributed by atoms with Gasteiger partial charge in [-0.15, -0.1) is 0 Å². The minimum atomic E-state index is -0.440. The van der Waals surface area contributed by atoms with Crippen LogP contribution in [-0.2, 0) is 4.74 Å². The van der Waals surface area contributed by atoms with Crippen molar-refractivity contribution in [2.75, 3.05) is 18.9 Å². The molecule has 3 N–H and O–H groups in total. The number of rotatable bonds is 4. The lowest BCUT2D eigenvalue weighted by Gasteiger charge is -2.14. The fourth-order valence-electron chi connectivity index (χ4n) is 3.68.